The zero-order valence-electron chi connectivity index (χ0n) is 11.3. The monoisotopic (exact) mass is 248 g/mol. The molecule has 1 saturated carbocycles. The summed E-state index contributed by atoms with van der Waals surface area (Å²) in [6.45, 7) is 0. The van der Waals surface area contributed by atoms with Gasteiger partial charge >= 0.3 is 0 Å². The smallest absolute Gasteiger partial charge is 0.0703 e. The third-order valence-corrected chi connectivity index (χ3v) is 4.15. The number of aryl methyl sites for hydroxylation is 1. The Morgan fingerprint density at radius 2 is 2.00 bits per heavy atom. The summed E-state index contributed by atoms with van der Waals surface area (Å²) < 4.78 is 5.55. The Morgan fingerprint density at radius 3 is 2.56 bits per heavy atom. The Labute approximate surface area is 110 Å². The molecule has 0 saturated heterocycles. The lowest BCUT2D eigenvalue weighted by molar-refractivity contribution is -0.100. The molecular formula is C16H24O2. The van der Waals surface area contributed by atoms with Gasteiger partial charge in [-0.05, 0) is 44.1 Å². The van der Waals surface area contributed by atoms with Crippen LogP contribution in [-0.2, 0) is 11.2 Å². The first-order chi connectivity index (χ1) is 8.74. The second-order valence-electron chi connectivity index (χ2n) is 5.48. The average molecular weight is 248 g/mol. The molecule has 18 heavy (non-hydrogen) atoms. The summed E-state index contributed by atoms with van der Waals surface area (Å²) in [5.74, 6) is 0. The Kier molecular flexibility index (Phi) is 4.79. The molecule has 0 amide bonds. The van der Waals surface area contributed by atoms with E-state index >= 15 is 0 Å². The van der Waals surface area contributed by atoms with Gasteiger partial charge in [-0.2, -0.15) is 0 Å². The van der Waals surface area contributed by atoms with Crippen molar-refractivity contribution in [2.24, 2.45) is 0 Å². The highest BCUT2D eigenvalue weighted by Gasteiger charge is 2.38. The minimum absolute atomic E-state index is 0.00777. The van der Waals surface area contributed by atoms with Crippen LogP contribution in [0.2, 0.25) is 0 Å². The summed E-state index contributed by atoms with van der Waals surface area (Å²) in [4.78, 5) is 0. The van der Waals surface area contributed by atoms with Crippen molar-refractivity contribution in [3.8, 4) is 0 Å². The highest BCUT2D eigenvalue weighted by Crippen LogP contribution is 2.39. The lowest BCUT2D eigenvalue weighted by atomic mass is 9.75. The van der Waals surface area contributed by atoms with Gasteiger partial charge < -0.3 is 9.84 Å². The predicted octanol–water partition coefficient (Wildman–Crippen LogP) is 3.33. The molecule has 2 rings (SSSR count). The zero-order chi connectivity index (χ0) is 12.8. The van der Waals surface area contributed by atoms with Gasteiger partial charge in [-0.3, -0.25) is 0 Å². The summed E-state index contributed by atoms with van der Waals surface area (Å²) in [6.07, 6.45) is 7.03. The molecular weight excluding hydrogens is 224 g/mol. The summed E-state index contributed by atoms with van der Waals surface area (Å²) in [7, 11) is 1.77. The molecule has 0 spiro atoms. The molecule has 1 N–H and O–H groups in total. The van der Waals surface area contributed by atoms with Gasteiger partial charge in [0.15, 0.2) is 0 Å². The molecule has 1 atom stereocenters. The van der Waals surface area contributed by atoms with Gasteiger partial charge in [0, 0.05) is 13.5 Å². The largest absolute Gasteiger partial charge is 0.393 e. The SMILES string of the molecule is COC1(CC(O)CCCc2ccccc2)CCC1. The Bertz CT molecular complexity index is 338. The molecule has 2 heteroatoms. The molecule has 100 valence electrons. The first kappa shape index (κ1) is 13.6. The Balaban J connectivity index is 1.67. The average Bonchev–Trinajstić information content (AvgIpc) is 2.35. The van der Waals surface area contributed by atoms with E-state index in [1.54, 1.807) is 7.11 Å². The number of benzene rings is 1. The van der Waals surface area contributed by atoms with Crippen LogP contribution in [0, 0.1) is 0 Å². The Morgan fingerprint density at radius 1 is 1.28 bits per heavy atom. The quantitative estimate of drug-likeness (QED) is 0.802. The molecule has 0 radical (unpaired) electrons. The van der Waals surface area contributed by atoms with Crippen molar-refractivity contribution in [3.63, 3.8) is 0 Å². The topological polar surface area (TPSA) is 29.5 Å². The van der Waals surface area contributed by atoms with Crippen LogP contribution < -0.4 is 0 Å². The second kappa shape index (κ2) is 6.35. The van der Waals surface area contributed by atoms with Crippen LogP contribution in [-0.4, -0.2) is 23.9 Å². The van der Waals surface area contributed by atoms with Crippen LogP contribution in [0.1, 0.15) is 44.1 Å². The molecule has 2 nitrogen and oxygen atoms in total. The van der Waals surface area contributed by atoms with Gasteiger partial charge in [-0.25, -0.2) is 0 Å². The van der Waals surface area contributed by atoms with Crippen LogP contribution in [0.25, 0.3) is 0 Å². The summed E-state index contributed by atoms with van der Waals surface area (Å²) in [6, 6.07) is 10.5. The first-order valence-corrected chi connectivity index (χ1v) is 7.01. The minimum Gasteiger partial charge on any atom is -0.393 e. The van der Waals surface area contributed by atoms with Crippen molar-refractivity contribution in [1.29, 1.82) is 0 Å². The van der Waals surface area contributed by atoms with E-state index in [-0.39, 0.29) is 11.7 Å². The molecule has 0 heterocycles. The fraction of sp³-hybridized carbons (Fsp3) is 0.625. The molecule has 1 aliphatic carbocycles. The van der Waals surface area contributed by atoms with Crippen LogP contribution in [0.5, 0.6) is 0 Å². The molecule has 1 unspecified atom stereocenters. The lowest BCUT2D eigenvalue weighted by Crippen LogP contribution is -2.42. The number of aliphatic hydroxyl groups is 1. The van der Waals surface area contributed by atoms with Gasteiger partial charge in [0.05, 0.1) is 11.7 Å². The molecule has 1 fully saturated rings. The second-order valence-corrected chi connectivity index (χ2v) is 5.48. The minimum atomic E-state index is -0.214. The van der Waals surface area contributed by atoms with Crippen molar-refractivity contribution in [3.05, 3.63) is 35.9 Å². The maximum atomic E-state index is 10.1. The number of aliphatic hydroxyl groups excluding tert-OH is 1. The molecule has 0 bridgehead atoms. The highest BCUT2D eigenvalue weighted by atomic mass is 16.5. The molecule has 1 aromatic carbocycles. The maximum Gasteiger partial charge on any atom is 0.0703 e. The highest BCUT2D eigenvalue weighted by molar-refractivity contribution is 5.14. The fourth-order valence-corrected chi connectivity index (χ4v) is 2.78. The third kappa shape index (κ3) is 3.56. The van der Waals surface area contributed by atoms with Gasteiger partial charge in [0.1, 0.15) is 0 Å². The standard InChI is InChI=1S/C16H24O2/c1-18-16(11-6-12-16)13-15(17)10-5-9-14-7-3-2-4-8-14/h2-4,7-8,15,17H,5-6,9-13H2,1H3. The van der Waals surface area contributed by atoms with Gasteiger partial charge in [0.25, 0.3) is 0 Å². The van der Waals surface area contributed by atoms with Crippen LogP contribution in [0.4, 0.5) is 0 Å². The van der Waals surface area contributed by atoms with E-state index < -0.39 is 0 Å². The van der Waals surface area contributed by atoms with E-state index in [4.69, 9.17) is 4.74 Å². The maximum absolute atomic E-state index is 10.1. The fourth-order valence-electron chi connectivity index (χ4n) is 2.78. The first-order valence-electron chi connectivity index (χ1n) is 7.01. The summed E-state index contributed by atoms with van der Waals surface area (Å²) >= 11 is 0. The summed E-state index contributed by atoms with van der Waals surface area (Å²) in [5.41, 5.74) is 1.35. The van der Waals surface area contributed by atoms with E-state index in [2.05, 4.69) is 24.3 Å². The van der Waals surface area contributed by atoms with Crippen molar-refractivity contribution < 1.29 is 9.84 Å². The van der Waals surface area contributed by atoms with Crippen molar-refractivity contribution in [2.75, 3.05) is 7.11 Å². The van der Waals surface area contributed by atoms with E-state index in [9.17, 15) is 5.11 Å². The number of hydrogen-bond donors (Lipinski definition) is 1. The number of hydrogen-bond acceptors (Lipinski definition) is 2. The predicted molar refractivity (Wildman–Crippen MR) is 73.6 cm³/mol. The van der Waals surface area contributed by atoms with E-state index in [1.165, 1.54) is 12.0 Å². The number of rotatable bonds is 7. The Hall–Kier alpha value is -0.860. The summed E-state index contributed by atoms with van der Waals surface area (Å²) in [5, 5.41) is 10.1. The van der Waals surface area contributed by atoms with Crippen LogP contribution in [0.15, 0.2) is 30.3 Å². The number of methoxy groups -OCH3 is 1. The molecule has 0 aromatic heterocycles. The van der Waals surface area contributed by atoms with Crippen LogP contribution in [0.3, 0.4) is 0 Å². The number of ether oxygens (including phenoxy) is 1. The normalized spacial score (nSPS) is 19.2. The lowest BCUT2D eigenvalue weighted by Gasteiger charge is -2.41. The van der Waals surface area contributed by atoms with E-state index in [0.29, 0.717) is 0 Å². The molecule has 1 aromatic rings. The van der Waals surface area contributed by atoms with Gasteiger partial charge in [-0.1, -0.05) is 30.3 Å². The van der Waals surface area contributed by atoms with Crippen LogP contribution >= 0.6 is 0 Å². The van der Waals surface area contributed by atoms with Crippen molar-refractivity contribution >= 4 is 0 Å². The zero-order valence-corrected chi connectivity index (χ0v) is 11.3. The molecule has 0 aliphatic heterocycles. The van der Waals surface area contributed by atoms with Gasteiger partial charge in [0.2, 0.25) is 0 Å². The molecule has 1 aliphatic rings. The van der Waals surface area contributed by atoms with E-state index in [0.717, 1.165) is 38.5 Å². The third-order valence-electron chi connectivity index (χ3n) is 4.15. The van der Waals surface area contributed by atoms with Crippen molar-refractivity contribution in [2.45, 2.75) is 56.7 Å². The van der Waals surface area contributed by atoms with Gasteiger partial charge in [-0.15, -0.1) is 0 Å². The van der Waals surface area contributed by atoms with E-state index in [1.807, 2.05) is 6.07 Å². The van der Waals surface area contributed by atoms with Crippen molar-refractivity contribution in [1.82, 2.24) is 0 Å².